The van der Waals surface area contributed by atoms with Crippen LogP contribution in [0.15, 0.2) is 42.5 Å². The van der Waals surface area contributed by atoms with Crippen LogP contribution in [0.4, 0.5) is 5.69 Å². The monoisotopic (exact) mass is 472 g/mol. The van der Waals surface area contributed by atoms with Crippen LogP contribution in [0.1, 0.15) is 41.5 Å². The first-order chi connectivity index (χ1) is 15.7. The van der Waals surface area contributed by atoms with E-state index in [1.807, 2.05) is 38.1 Å². The summed E-state index contributed by atoms with van der Waals surface area (Å²) in [5.74, 6) is -0.348. The zero-order chi connectivity index (χ0) is 24.0. The Balaban J connectivity index is 1.64. The van der Waals surface area contributed by atoms with Crippen LogP contribution >= 0.6 is 0 Å². The second-order valence-corrected chi connectivity index (χ2v) is 11.1. The first-order valence-corrected chi connectivity index (χ1v) is 12.9. The number of carbonyl (C=O) groups is 1. The van der Waals surface area contributed by atoms with Crippen LogP contribution in [0, 0.1) is 13.8 Å². The average molecular weight is 473 g/mol. The van der Waals surface area contributed by atoms with E-state index in [4.69, 9.17) is 0 Å². The largest absolute Gasteiger partial charge is 0.350 e. The molecule has 0 radical (unpaired) electrons. The molecule has 1 fully saturated rings. The molecule has 7 nitrogen and oxygen atoms in total. The fourth-order valence-corrected chi connectivity index (χ4v) is 5.12. The van der Waals surface area contributed by atoms with Crippen LogP contribution in [0.3, 0.4) is 0 Å². The fourth-order valence-electron chi connectivity index (χ4n) is 4.00. The number of carbonyl (C=O) groups excluding carboxylic acids is 1. The summed E-state index contributed by atoms with van der Waals surface area (Å²) in [6, 6.07) is 13.9. The number of rotatable bonds is 9. The Bertz CT molecular complexity index is 1050. The third-order valence-electron chi connectivity index (χ3n) is 6.03. The first kappa shape index (κ1) is 25.2. The molecule has 1 aliphatic rings. The number of benzene rings is 2. The van der Waals surface area contributed by atoms with Gasteiger partial charge in [0, 0.05) is 27.2 Å². The van der Waals surface area contributed by atoms with E-state index in [2.05, 4.69) is 22.3 Å². The van der Waals surface area contributed by atoms with Crippen molar-refractivity contribution in [3.8, 4) is 0 Å². The summed E-state index contributed by atoms with van der Waals surface area (Å²) in [6.07, 6.45) is 3.87. The molecule has 3 rings (SSSR count). The van der Waals surface area contributed by atoms with Crippen molar-refractivity contribution in [2.45, 2.75) is 46.2 Å². The van der Waals surface area contributed by atoms with Crippen LogP contribution in [0.2, 0.25) is 0 Å². The second-order valence-electron chi connectivity index (χ2n) is 9.02. The number of nitrogens with zero attached hydrogens (tertiary/aromatic N) is 3. The standard InChI is InChI=1S/C25H36N4O3S/c1-20-8-9-21(2)24(16-20)29(33(31,32)27(3)4)19-25(30)26-17-22-10-12-23(13-11-22)18-28-14-6-5-7-15-28/h8-13,16H,5-7,14-15,17-19H2,1-4H3,(H,26,30). The predicted octanol–water partition coefficient (Wildman–Crippen LogP) is 3.22. The molecule has 1 N–H and O–H groups in total. The summed E-state index contributed by atoms with van der Waals surface area (Å²) >= 11 is 0. The first-order valence-electron chi connectivity index (χ1n) is 11.5. The molecular formula is C25H36N4O3S. The maximum atomic E-state index is 13.0. The third kappa shape index (κ3) is 6.79. The van der Waals surface area contributed by atoms with Gasteiger partial charge in [-0.3, -0.25) is 9.69 Å². The number of nitrogens with one attached hydrogen (secondary N) is 1. The SMILES string of the molecule is Cc1ccc(C)c(N(CC(=O)NCc2ccc(CN3CCCCC3)cc2)S(=O)(=O)N(C)C)c1. The highest BCUT2D eigenvalue weighted by Gasteiger charge is 2.28. The summed E-state index contributed by atoms with van der Waals surface area (Å²) in [5, 5.41) is 2.87. The molecule has 180 valence electrons. The molecule has 0 saturated carbocycles. The molecule has 1 heterocycles. The summed E-state index contributed by atoms with van der Waals surface area (Å²) in [6.45, 7) is 7.09. The van der Waals surface area contributed by atoms with Crippen molar-refractivity contribution in [3.05, 3.63) is 64.7 Å². The van der Waals surface area contributed by atoms with Gasteiger partial charge in [0.15, 0.2) is 0 Å². The van der Waals surface area contributed by atoms with E-state index in [-0.39, 0.29) is 12.5 Å². The maximum Gasteiger partial charge on any atom is 0.304 e. The quantitative estimate of drug-likeness (QED) is 0.608. The lowest BCUT2D eigenvalue weighted by Crippen LogP contribution is -2.46. The Morgan fingerprint density at radius 2 is 1.61 bits per heavy atom. The number of likely N-dealkylation sites (tertiary alicyclic amines) is 1. The lowest BCUT2D eigenvalue weighted by Gasteiger charge is -2.28. The van der Waals surface area contributed by atoms with Gasteiger partial charge in [-0.1, -0.05) is 42.8 Å². The lowest BCUT2D eigenvalue weighted by atomic mass is 10.1. The van der Waals surface area contributed by atoms with Gasteiger partial charge in [-0.2, -0.15) is 12.7 Å². The lowest BCUT2D eigenvalue weighted by molar-refractivity contribution is -0.119. The van der Waals surface area contributed by atoms with Crippen LogP contribution in [0.5, 0.6) is 0 Å². The minimum Gasteiger partial charge on any atom is -0.350 e. The van der Waals surface area contributed by atoms with Crippen LogP contribution in [0.25, 0.3) is 0 Å². The van der Waals surface area contributed by atoms with Crippen LogP contribution in [-0.4, -0.2) is 57.3 Å². The molecule has 0 aromatic heterocycles. The Hall–Kier alpha value is -2.42. The number of hydrogen-bond acceptors (Lipinski definition) is 4. The van der Waals surface area contributed by atoms with E-state index in [1.54, 1.807) is 6.07 Å². The number of piperidine rings is 1. The molecule has 1 aliphatic heterocycles. The predicted molar refractivity (Wildman–Crippen MR) is 133 cm³/mol. The van der Waals surface area contributed by atoms with Gasteiger partial charge in [0.1, 0.15) is 6.54 Å². The number of aryl methyl sites for hydroxylation is 2. The van der Waals surface area contributed by atoms with E-state index in [0.29, 0.717) is 12.2 Å². The van der Waals surface area contributed by atoms with E-state index in [0.717, 1.165) is 40.6 Å². The van der Waals surface area contributed by atoms with Crippen molar-refractivity contribution in [1.29, 1.82) is 0 Å². The molecule has 2 aromatic carbocycles. The molecule has 0 atom stereocenters. The zero-order valence-corrected chi connectivity index (χ0v) is 21.0. The normalized spacial score (nSPS) is 14.9. The smallest absolute Gasteiger partial charge is 0.304 e. The maximum absolute atomic E-state index is 13.0. The van der Waals surface area contributed by atoms with Crippen molar-refractivity contribution in [2.75, 3.05) is 38.0 Å². The number of anilines is 1. The minimum atomic E-state index is -3.83. The van der Waals surface area contributed by atoms with Gasteiger partial charge >= 0.3 is 10.2 Å². The Kier molecular flexibility index (Phi) is 8.51. The van der Waals surface area contributed by atoms with Gasteiger partial charge in [-0.15, -0.1) is 0 Å². The summed E-state index contributed by atoms with van der Waals surface area (Å²) in [7, 11) is -0.890. The Labute approximate surface area is 198 Å². The van der Waals surface area contributed by atoms with Crippen molar-refractivity contribution in [2.24, 2.45) is 0 Å². The van der Waals surface area contributed by atoms with Crippen molar-refractivity contribution < 1.29 is 13.2 Å². The van der Waals surface area contributed by atoms with Crippen LogP contribution < -0.4 is 9.62 Å². The molecule has 2 aromatic rings. The van der Waals surface area contributed by atoms with Crippen molar-refractivity contribution in [1.82, 2.24) is 14.5 Å². The summed E-state index contributed by atoms with van der Waals surface area (Å²) in [5.41, 5.74) is 4.49. The number of hydrogen-bond donors (Lipinski definition) is 1. The Morgan fingerprint density at radius 1 is 0.970 bits per heavy atom. The molecule has 0 aliphatic carbocycles. The molecule has 0 bridgehead atoms. The molecule has 0 unspecified atom stereocenters. The topological polar surface area (TPSA) is 73.0 Å². The minimum absolute atomic E-state index is 0.280. The van der Waals surface area contributed by atoms with E-state index < -0.39 is 10.2 Å². The van der Waals surface area contributed by atoms with Crippen LogP contribution in [-0.2, 0) is 28.1 Å². The highest BCUT2D eigenvalue weighted by atomic mass is 32.2. The van der Waals surface area contributed by atoms with Gasteiger partial charge in [-0.25, -0.2) is 4.31 Å². The molecule has 33 heavy (non-hydrogen) atoms. The van der Waals surface area contributed by atoms with Gasteiger partial charge in [0.2, 0.25) is 5.91 Å². The molecule has 8 heteroatoms. The molecule has 0 spiro atoms. The summed E-state index contributed by atoms with van der Waals surface area (Å²) < 4.78 is 28.2. The Morgan fingerprint density at radius 3 is 2.24 bits per heavy atom. The molecular weight excluding hydrogens is 436 g/mol. The van der Waals surface area contributed by atoms with Crippen molar-refractivity contribution >= 4 is 21.8 Å². The number of amides is 1. The van der Waals surface area contributed by atoms with Gasteiger partial charge in [0.05, 0.1) is 5.69 Å². The fraction of sp³-hybridized carbons (Fsp3) is 0.480. The van der Waals surface area contributed by atoms with Gasteiger partial charge in [0.25, 0.3) is 0 Å². The average Bonchev–Trinajstić information content (AvgIpc) is 2.79. The van der Waals surface area contributed by atoms with Gasteiger partial charge < -0.3 is 5.32 Å². The highest BCUT2D eigenvalue weighted by molar-refractivity contribution is 7.90. The van der Waals surface area contributed by atoms with E-state index in [1.165, 1.54) is 43.2 Å². The van der Waals surface area contributed by atoms with Gasteiger partial charge in [-0.05, 0) is 68.1 Å². The third-order valence-corrected chi connectivity index (χ3v) is 7.83. The zero-order valence-electron chi connectivity index (χ0n) is 20.2. The molecule has 1 amide bonds. The van der Waals surface area contributed by atoms with Crippen molar-refractivity contribution in [3.63, 3.8) is 0 Å². The highest BCUT2D eigenvalue weighted by Crippen LogP contribution is 2.25. The summed E-state index contributed by atoms with van der Waals surface area (Å²) in [4.78, 5) is 15.2. The second kappa shape index (κ2) is 11.1. The van der Waals surface area contributed by atoms with E-state index in [9.17, 15) is 13.2 Å². The molecule has 1 saturated heterocycles. The van der Waals surface area contributed by atoms with E-state index >= 15 is 0 Å².